The van der Waals surface area contributed by atoms with Gasteiger partial charge in [0.2, 0.25) is 5.91 Å². The highest BCUT2D eigenvalue weighted by molar-refractivity contribution is 5.85. The number of hydrogen-bond acceptors (Lipinski definition) is 3. The van der Waals surface area contributed by atoms with Crippen LogP contribution in [0.3, 0.4) is 0 Å². The van der Waals surface area contributed by atoms with Crippen LogP contribution in [0.4, 0.5) is 0 Å². The van der Waals surface area contributed by atoms with E-state index in [0.717, 1.165) is 32.4 Å². The van der Waals surface area contributed by atoms with E-state index in [-0.39, 0.29) is 29.8 Å². The van der Waals surface area contributed by atoms with Gasteiger partial charge in [-0.25, -0.2) is 0 Å². The molecule has 0 aromatic heterocycles. The maximum absolute atomic E-state index is 13.1. The summed E-state index contributed by atoms with van der Waals surface area (Å²) in [5, 5.41) is 3.41. The van der Waals surface area contributed by atoms with Crippen molar-refractivity contribution >= 4 is 18.3 Å². The molecule has 1 saturated heterocycles. The molecule has 1 spiro atoms. The largest absolute Gasteiger partial charge is 0.383 e. The van der Waals surface area contributed by atoms with Crippen LogP contribution in [-0.2, 0) is 9.53 Å². The summed E-state index contributed by atoms with van der Waals surface area (Å²) in [6.07, 6.45) is 3.35. The van der Waals surface area contributed by atoms with Gasteiger partial charge in [-0.1, -0.05) is 30.3 Å². The Kier molecular flexibility index (Phi) is 6.67. The van der Waals surface area contributed by atoms with Crippen molar-refractivity contribution in [1.82, 2.24) is 10.2 Å². The van der Waals surface area contributed by atoms with Gasteiger partial charge in [0.05, 0.1) is 12.6 Å². The molecule has 1 aliphatic heterocycles. The Balaban J connectivity index is 0.00000208. The van der Waals surface area contributed by atoms with Gasteiger partial charge in [-0.15, -0.1) is 12.4 Å². The average Bonchev–Trinajstić information content (AvgIpc) is 3.29. The fraction of sp³-hybridized carbons (Fsp3) is 0.632. The van der Waals surface area contributed by atoms with Gasteiger partial charge in [-0.2, -0.15) is 0 Å². The Morgan fingerprint density at radius 1 is 1.33 bits per heavy atom. The first-order valence-electron chi connectivity index (χ1n) is 8.73. The average molecular weight is 353 g/mol. The summed E-state index contributed by atoms with van der Waals surface area (Å²) < 4.78 is 5.24. The van der Waals surface area contributed by atoms with E-state index in [1.54, 1.807) is 7.11 Å². The molecule has 1 N–H and O–H groups in total. The number of methoxy groups -OCH3 is 1. The second-order valence-corrected chi connectivity index (χ2v) is 6.98. The van der Waals surface area contributed by atoms with E-state index in [0.29, 0.717) is 19.1 Å². The van der Waals surface area contributed by atoms with Crippen molar-refractivity contribution in [2.45, 2.75) is 32.2 Å². The van der Waals surface area contributed by atoms with Crippen LogP contribution < -0.4 is 5.32 Å². The predicted molar refractivity (Wildman–Crippen MR) is 98.3 cm³/mol. The minimum Gasteiger partial charge on any atom is -0.383 e. The Hall–Kier alpha value is -1.10. The van der Waals surface area contributed by atoms with Crippen LogP contribution in [0, 0.1) is 11.3 Å². The van der Waals surface area contributed by atoms with Gasteiger partial charge < -0.3 is 15.0 Å². The third-order valence-corrected chi connectivity index (χ3v) is 5.66. The van der Waals surface area contributed by atoms with Crippen LogP contribution in [0.15, 0.2) is 30.3 Å². The molecule has 4 nitrogen and oxygen atoms in total. The molecule has 2 unspecified atom stereocenters. The smallest absolute Gasteiger partial charge is 0.226 e. The summed E-state index contributed by atoms with van der Waals surface area (Å²) in [6.45, 7) is 5.48. The lowest BCUT2D eigenvalue weighted by Crippen LogP contribution is -2.39. The number of benzene rings is 1. The molecule has 3 rings (SSSR count). The molecule has 24 heavy (non-hydrogen) atoms. The highest BCUT2D eigenvalue weighted by atomic mass is 35.5. The van der Waals surface area contributed by atoms with Crippen molar-refractivity contribution < 1.29 is 9.53 Å². The molecular formula is C19H29ClN2O2. The minimum absolute atomic E-state index is 0. The number of halogens is 1. The molecule has 134 valence electrons. The summed E-state index contributed by atoms with van der Waals surface area (Å²) in [5.74, 6) is 0.535. The van der Waals surface area contributed by atoms with Gasteiger partial charge in [0, 0.05) is 19.6 Å². The fourth-order valence-corrected chi connectivity index (χ4v) is 3.97. The first-order valence-corrected chi connectivity index (χ1v) is 8.73. The molecule has 0 bridgehead atoms. The van der Waals surface area contributed by atoms with Crippen LogP contribution in [0.2, 0.25) is 0 Å². The minimum atomic E-state index is 0. The molecule has 2 fully saturated rings. The first kappa shape index (κ1) is 19.2. The Labute approximate surface area is 151 Å². The maximum Gasteiger partial charge on any atom is 0.226 e. The lowest BCUT2D eigenvalue weighted by Gasteiger charge is -2.31. The Bertz CT molecular complexity index is 531. The van der Waals surface area contributed by atoms with Gasteiger partial charge in [0.25, 0.3) is 0 Å². The van der Waals surface area contributed by atoms with Crippen molar-refractivity contribution in [3.05, 3.63) is 35.9 Å². The van der Waals surface area contributed by atoms with E-state index in [4.69, 9.17) is 4.74 Å². The summed E-state index contributed by atoms with van der Waals surface area (Å²) in [5.41, 5.74) is 1.47. The van der Waals surface area contributed by atoms with Crippen molar-refractivity contribution in [3.8, 4) is 0 Å². The van der Waals surface area contributed by atoms with Gasteiger partial charge in [0.15, 0.2) is 0 Å². The summed E-state index contributed by atoms with van der Waals surface area (Å²) >= 11 is 0. The molecule has 2 atom stereocenters. The maximum atomic E-state index is 13.1. The topological polar surface area (TPSA) is 41.6 Å². The van der Waals surface area contributed by atoms with Crippen molar-refractivity contribution in [3.63, 3.8) is 0 Å². The normalized spacial score (nSPS) is 22.5. The van der Waals surface area contributed by atoms with E-state index >= 15 is 0 Å². The molecular weight excluding hydrogens is 324 g/mol. The monoisotopic (exact) mass is 352 g/mol. The van der Waals surface area contributed by atoms with Crippen molar-refractivity contribution in [2.75, 3.05) is 33.4 Å². The third kappa shape index (κ3) is 3.93. The fourth-order valence-electron chi connectivity index (χ4n) is 3.97. The summed E-state index contributed by atoms with van der Waals surface area (Å²) in [4.78, 5) is 15.2. The molecule has 0 radical (unpaired) electrons. The van der Waals surface area contributed by atoms with Crippen LogP contribution in [0.1, 0.15) is 37.8 Å². The first-order chi connectivity index (χ1) is 11.2. The van der Waals surface area contributed by atoms with E-state index in [1.165, 1.54) is 5.56 Å². The zero-order valence-corrected chi connectivity index (χ0v) is 15.5. The number of piperidine rings is 1. The van der Waals surface area contributed by atoms with Gasteiger partial charge in [-0.3, -0.25) is 4.79 Å². The number of carbonyl (C=O) groups excluding carboxylic acids is 1. The Morgan fingerprint density at radius 2 is 2.00 bits per heavy atom. The van der Waals surface area contributed by atoms with Crippen LogP contribution >= 0.6 is 12.4 Å². The molecule has 1 aromatic rings. The second-order valence-electron chi connectivity index (χ2n) is 6.98. The number of ether oxygens (including phenoxy) is 1. The zero-order chi connectivity index (χ0) is 16.3. The number of nitrogens with one attached hydrogen (secondary N) is 1. The van der Waals surface area contributed by atoms with Gasteiger partial charge >= 0.3 is 0 Å². The lowest BCUT2D eigenvalue weighted by atomic mass is 9.91. The van der Waals surface area contributed by atoms with E-state index in [1.807, 2.05) is 23.1 Å². The predicted octanol–water partition coefficient (Wildman–Crippen LogP) is 3.03. The SMILES string of the molecule is COCCN(C(=O)C1CC12CCNCC2)C(C)c1ccccc1.Cl. The Morgan fingerprint density at radius 3 is 2.62 bits per heavy atom. The number of nitrogens with zero attached hydrogens (tertiary/aromatic N) is 1. The second kappa shape index (κ2) is 8.32. The molecule has 1 heterocycles. The number of amides is 1. The van der Waals surface area contributed by atoms with Crippen molar-refractivity contribution in [2.24, 2.45) is 11.3 Å². The highest BCUT2D eigenvalue weighted by Crippen LogP contribution is 2.59. The van der Waals surface area contributed by atoms with E-state index in [9.17, 15) is 4.79 Å². The van der Waals surface area contributed by atoms with Crippen molar-refractivity contribution in [1.29, 1.82) is 0 Å². The van der Waals surface area contributed by atoms with E-state index in [2.05, 4.69) is 24.4 Å². The highest BCUT2D eigenvalue weighted by Gasteiger charge is 2.58. The number of carbonyl (C=O) groups is 1. The van der Waals surface area contributed by atoms with E-state index < -0.39 is 0 Å². The van der Waals surface area contributed by atoms with Crippen LogP contribution in [0.25, 0.3) is 0 Å². The molecule has 2 aliphatic rings. The molecule has 5 heteroatoms. The molecule has 1 aliphatic carbocycles. The summed E-state index contributed by atoms with van der Waals surface area (Å²) in [7, 11) is 1.70. The lowest BCUT2D eigenvalue weighted by molar-refractivity contribution is -0.136. The standard InChI is InChI=1S/C19H28N2O2.ClH/c1-15(16-6-4-3-5-7-16)21(12-13-23-2)18(22)17-14-19(17)8-10-20-11-9-19;/h3-7,15,17,20H,8-14H2,1-2H3;1H. The van der Waals surface area contributed by atoms with Crippen LogP contribution in [-0.4, -0.2) is 44.2 Å². The third-order valence-electron chi connectivity index (χ3n) is 5.66. The molecule has 1 aromatic carbocycles. The molecule has 1 saturated carbocycles. The zero-order valence-electron chi connectivity index (χ0n) is 14.7. The van der Waals surface area contributed by atoms with Gasteiger partial charge in [0.1, 0.15) is 0 Å². The number of rotatable bonds is 6. The molecule has 1 amide bonds. The summed E-state index contributed by atoms with van der Waals surface area (Å²) in [6, 6.07) is 10.4. The van der Waals surface area contributed by atoms with Gasteiger partial charge in [-0.05, 0) is 50.3 Å². The quantitative estimate of drug-likeness (QED) is 0.855. The number of hydrogen-bond donors (Lipinski definition) is 1. The van der Waals surface area contributed by atoms with Crippen LogP contribution in [0.5, 0.6) is 0 Å².